The van der Waals surface area contributed by atoms with Crippen molar-refractivity contribution in [1.29, 1.82) is 0 Å². The molecule has 0 unspecified atom stereocenters. The van der Waals surface area contributed by atoms with Gasteiger partial charge in [0.1, 0.15) is 0 Å². The predicted molar refractivity (Wildman–Crippen MR) is 84.1 cm³/mol. The largest absolute Gasteiger partial charge is 0.465 e. The summed E-state index contributed by atoms with van der Waals surface area (Å²) < 4.78 is 29.4. The minimum absolute atomic E-state index is 0.0920. The van der Waals surface area contributed by atoms with Crippen LogP contribution in [0.25, 0.3) is 0 Å². The molecule has 0 radical (unpaired) electrons. The van der Waals surface area contributed by atoms with Crippen molar-refractivity contribution in [2.45, 2.75) is 23.5 Å². The first-order valence-electron chi connectivity index (χ1n) is 6.97. The van der Waals surface area contributed by atoms with Gasteiger partial charge in [0.2, 0.25) is 0 Å². The van der Waals surface area contributed by atoms with Gasteiger partial charge < -0.3 is 4.74 Å². The Morgan fingerprint density at radius 2 is 1.50 bits per heavy atom. The summed E-state index contributed by atoms with van der Waals surface area (Å²) in [7, 11) is -3.95. The quantitative estimate of drug-likeness (QED) is 0.795. The van der Waals surface area contributed by atoms with Crippen LogP contribution in [0.15, 0.2) is 65.6 Å². The van der Waals surface area contributed by atoms with Crippen LogP contribution in [0.4, 0.5) is 0 Å². The van der Waals surface area contributed by atoms with Gasteiger partial charge in [0.15, 0.2) is 14.6 Å². The normalized spacial score (nSPS) is 14.1. The first-order chi connectivity index (χ1) is 10.4. The smallest absolute Gasteiger partial charge is 0.332 e. The number of carbonyl (C=O) groups is 1. The van der Waals surface area contributed by atoms with Gasteiger partial charge in [0, 0.05) is 0 Å². The van der Waals surface area contributed by atoms with Gasteiger partial charge in [-0.05, 0) is 31.5 Å². The number of carbonyl (C=O) groups excluding carboxylic acids is 1. The summed E-state index contributed by atoms with van der Waals surface area (Å²) in [5, 5.41) is 0. The third kappa shape index (κ3) is 2.64. The highest BCUT2D eigenvalue weighted by Gasteiger charge is 2.50. The van der Waals surface area contributed by atoms with Gasteiger partial charge in [-0.3, -0.25) is 0 Å². The Hall–Kier alpha value is -2.14. The highest BCUT2D eigenvalue weighted by Crippen LogP contribution is 2.36. The van der Waals surface area contributed by atoms with Gasteiger partial charge in [0.05, 0.1) is 11.5 Å². The van der Waals surface area contributed by atoms with Crippen LogP contribution in [-0.4, -0.2) is 21.0 Å². The molecule has 4 nitrogen and oxygen atoms in total. The molecule has 2 rings (SSSR count). The summed E-state index contributed by atoms with van der Waals surface area (Å²) in [5.41, 5.74) is 0.386. The maximum Gasteiger partial charge on any atom is 0.332 e. The lowest BCUT2D eigenvalue weighted by molar-refractivity contribution is -0.146. The number of hydrogen-bond donors (Lipinski definition) is 0. The van der Waals surface area contributed by atoms with E-state index in [2.05, 4.69) is 0 Å². The van der Waals surface area contributed by atoms with Crippen LogP contribution in [0, 0.1) is 0 Å². The monoisotopic (exact) mass is 318 g/mol. The van der Waals surface area contributed by atoms with Gasteiger partial charge in [-0.2, -0.15) is 0 Å². The van der Waals surface area contributed by atoms with E-state index < -0.39 is 20.6 Å². The molecule has 1 atom stereocenters. The SMILES string of the molecule is CCOC(=O)[C@@](C)(c1ccccc1)S(=O)(=O)c1ccccc1. The van der Waals surface area contributed by atoms with E-state index in [-0.39, 0.29) is 11.5 Å². The van der Waals surface area contributed by atoms with E-state index in [9.17, 15) is 13.2 Å². The van der Waals surface area contributed by atoms with Crippen molar-refractivity contribution in [3.63, 3.8) is 0 Å². The third-order valence-electron chi connectivity index (χ3n) is 3.58. The van der Waals surface area contributed by atoms with E-state index >= 15 is 0 Å². The number of benzene rings is 2. The van der Waals surface area contributed by atoms with Gasteiger partial charge >= 0.3 is 5.97 Å². The molecule has 0 aliphatic rings. The maximum absolute atomic E-state index is 13.1. The minimum Gasteiger partial charge on any atom is -0.465 e. The summed E-state index contributed by atoms with van der Waals surface area (Å²) in [6, 6.07) is 16.4. The predicted octanol–water partition coefficient (Wildman–Crippen LogP) is 2.94. The van der Waals surface area contributed by atoms with E-state index in [1.807, 2.05) is 0 Å². The maximum atomic E-state index is 13.1. The lowest BCUT2D eigenvalue weighted by Gasteiger charge is -2.27. The highest BCUT2D eigenvalue weighted by molar-refractivity contribution is 7.93. The van der Waals surface area contributed by atoms with Crippen molar-refractivity contribution in [2.75, 3.05) is 6.61 Å². The Kier molecular flexibility index (Phi) is 4.66. The summed E-state index contributed by atoms with van der Waals surface area (Å²) in [5.74, 6) is -0.773. The van der Waals surface area contributed by atoms with Crippen LogP contribution in [0.1, 0.15) is 19.4 Å². The molecule has 0 amide bonds. The van der Waals surface area contributed by atoms with E-state index in [0.29, 0.717) is 5.56 Å². The van der Waals surface area contributed by atoms with E-state index in [1.165, 1.54) is 19.1 Å². The van der Waals surface area contributed by atoms with Crippen LogP contribution >= 0.6 is 0 Å². The Balaban J connectivity index is 2.67. The topological polar surface area (TPSA) is 60.4 Å². The number of ether oxygens (including phenoxy) is 1. The van der Waals surface area contributed by atoms with Crippen LogP contribution in [-0.2, 0) is 24.1 Å². The second kappa shape index (κ2) is 6.32. The molecule has 22 heavy (non-hydrogen) atoms. The average molecular weight is 318 g/mol. The molecule has 0 aliphatic carbocycles. The molecule has 0 N–H and O–H groups in total. The minimum atomic E-state index is -3.95. The van der Waals surface area contributed by atoms with Crippen molar-refractivity contribution in [3.05, 3.63) is 66.2 Å². The van der Waals surface area contributed by atoms with E-state index in [1.54, 1.807) is 55.5 Å². The molecule has 2 aromatic rings. The Morgan fingerprint density at radius 3 is 2.00 bits per heavy atom. The first kappa shape index (κ1) is 16.2. The first-order valence-corrected chi connectivity index (χ1v) is 8.45. The second-order valence-corrected chi connectivity index (χ2v) is 7.23. The van der Waals surface area contributed by atoms with Crippen molar-refractivity contribution in [1.82, 2.24) is 0 Å². The zero-order valence-electron chi connectivity index (χ0n) is 12.5. The van der Waals surface area contributed by atoms with Crippen LogP contribution < -0.4 is 0 Å². The molecule has 0 saturated heterocycles. The van der Waals surface area contributed by atoms with Gasteiger partial charge in [-0.25, -0.2) is 13.2 Å². The lowest BCUT2D eigenvalue weighted by Crippen LogP contribution is -2.42. The number of esters is 1. The molecule has 5 heteroatoms. The molecular formula is C17H18O4S. The van der Waals surface area contributed by atoms with Gasteiger partial charge in [-0.1, -0.05) is 48.5 Å². The van der Waals surface area contributed by atoms with E-state index in [0.717, 1.165) is 0 Å². The molecule has 0 spiro atoms. The van der Waals surface area contributed by atoms with Crippen LogP contribution in [0.2, 0.25) is 0 Å². The summed E-state index contributed by atoms with van der Waals surface area (Å²) in [6.07, 6.45) is 0. The fourth-order valence-corrected chi connectivity index (χ4v) is 3.95. The molecule has 2 aromatic carbocycles. The highest BCUT2D eigenvalue weighted by atomic mass is 32.2. The van der Waals surface area contributed by atoms with E-state index in [4.69, 9.17) is 4.74 Å². The fourth-order valence-electron chi connectivity index (χ4n) is 2.24. The zero-order chi connectivity index (χ0) is 16.2. The lowest BCUT2D eigenvalue weighted by atomic mass is 10.0. The summed E-state index contributed by atoms with van der Waals surface area (Å²) >= 11 is 0. The third-order valence-corrected chi connectivity index (χ3v) is 5.95. The molecule has 0 aromatic heterocycles. The second-order valence-electron chi connectivity index (χ2n) is 4.94. The fraction of sp³-hybridized carbons (Fsp3) is 0.235. The Morgan fingerprint density at radius 1 is 1.00 bits per heavy atom. The number of sulfone groups is 1. The standard InChI is InChI=1S/C17H18O4S/c1-3-21-16(18)17(2,14-10-6-4-7-11-14)22(19,20)15-12-8-5-9-13-15/h4-13H,3H2,1-2H3/t17-/m1/s1. The van der Waals surface area contributed by atoms with Gasteiger partial charge in [0.25, 0.3) is 0 Å². The molecule has 0 fully saturated rings. The Labute approximate surface area is 130 Å². The molecule has 116 valence electrons. The molecule has 0 aliphatic heterocycles. The van der Waals surface area contributed by atoms with Crippen LogP contribution in [0.5, 0.6) is 0 Å². The zero-order valence-corrected chi connectivity index (χ0v) is 13.3. The number of rotatable bonds is 5. The van der Waals surface area contributed by atoms with Gasteiger partial charge in [-0.15, -0.1) is 0 Å². The molecule has 0 saturated carbocycles. The van der Waals surface area contributed by atoms with Crippen LogP contribution in [0.3, 0.4) is 0 Å². The Bertz CT molecular complexity index is 739. The number of hydrogen-bond acceptors (Lipinski definition) is 4. The molecular weight excluding hydrogens is 300 g/mol. The molecule has 0 bridgehead atoms. The van der Waals surface area contributed by atoms with Crippen molar-refractivity contribution >= 4 is 15.8 Å². The average Bonchev–Trinajstić information content (AvgIpc) is 2.55. The van der Waals surface area contributed by atoms with Crippen molar-refractivity contribution < 1.29 is 17.9 Å². The summed E-state index contributed by atoms with van der Waals surface area (Å²) in [4.78, 5) is 12.6. The van der Waals surface area contributed by atoms with Crippen molar-refractivity contribution in [3.8, 4) is 0 Å². The summed E-state index contributed by atoms with van der Waals surface area (Å²) in [6.45, 7) is 3.16. The molecule has 0 heterocycles. The van der Waals surface area contributed by atoms with Crippen molar-refractivity contribution in [2.24, 2.45) is 0 Å².